The maximum atomic E-state index is 12.8. The highest BCUT2D eigenvalue weighted by atomic mass is 32.2. The van der Waals surface area contributed by atoms with Crippen LogP contribution in [0.25, 0.3) is 21.5 Å². The van der Waals surface area contributed by atoms with Crippen LogP contribution >= 0.6 is 24.7 Å². The van der Waals surface area contributed by atoms with E-state index in [0.717, 1.165) is 4.57 Å². The minimum Gasteiger partial charge on any atom is -0.328 e. The average Bonchev–Trinajstić information content (AvgIpc) is 2.93. The number of aromatic nitrogens is 2. The Balaban J connectivity index is 2.43. The van der Waals surface area contributed by atoms with E-state index in [1.54, 1.807) is 13.8 Å². The van der Waals surface area contributed by atoms with Crippen molar-refractivity contribution in [1.29, 1.82) is 0 Å². The van der Waals surface area contributed by atoms with E-state index in [0.29, 0.717) is 24.2 Å². The van der Waals surface area contributed by atoms with E-state index in [1.165, 1.54) is 16.7 Å². The minimum atomic E-state index is -0.729. The summed E-state index contributed by atoms with van der Waals surface area (Å²) in [5.41, 5.74) is -2.86. The zero-order valence-electron chi connectivity index (χ0n) is 13.6. The number of hydrogen-bond donors (Lipinski definition) is 2. The molecule has 0 spiro atoms. The molecule has 132 valence electrons. The van der Waals surface area contributed by atoms with Crippen molar-refractivity contribution in [2.45, 2.75) is 31.7 Å². The molecule has 3 rings (SSSR count). The molecular formula is C16H16N2O5S2. The van der Waals surface area contributed by atoms with Crippen molar-refractivity contribution >= 4 is 46.2 Å². The van der Waals surface area contributed by atoms with Crippen molar-refractivity contribution in [3.63, 3.8) is 0 Å². The van der Waals surface area contributed by atoms with Gasteiger partial charge in [-0.3, -0.25) is 28.3 Å². The van der Waals surface area contributed by atoms with Gasteiger partial charge in [-0.2, -0.15) is 12.6 Å². The molecule has 2 heterocycles. The maximum absolute atomic E-state index is 12.8. The van der Waals surface area contributed by atoms with Crippen molar-refractivity contribution in [2.24, 2.45) is 0 Å². The Morgan fingerprint density at radius 3 is 1.80 bits per heavy atom. The number of nitrogens with zero attached hydrogens (tertiary/aromatic N) is 2. The molecule has 0 fully saturated rings. The first-order chi connectivity index (χ1) is 11.7. The molecule has 2 aromatic heterocycles. The van der Waals surface area contributed by atoms with Gasteiger partial charge in [0.05, 0.1) is 21.5 Å². The SMILES string of the molecule is CC(C)(CCS)n1c(=O)c2cc3c(=O)n(CSO)c(=O)c3cc2c1=O. The van der Waals surface area contributed by atoms with Crippen molar-refractivity contribution in [2.75, 3.05) is 5.75 Å². The van der Waals surface area contributed by atoms with Crippen LogP contribution < -0.4 is 22.2 Å². The Morgan fingerprint density at radius 1 is 0.960 bits per heavy atom. The lowest BCUT2D eigenvalue weighted by molar-refractivity contribution is 0.332. The molecule has 0 radical (unpaired) electrons. The topological polar surface area (TPSA) is 98.4 Å². The van der Waals surface area contributed by atoms with Crippen LogP contribution in [0, 0.1) is 0 Å². The third-order valence-electron chi connectivity index (χ3n) is 4.49. The van der Waals surface area contributed by atoms with Crippen LogP contribution in [-0.4, -0.2) is 19.4 Å². The summed E-state index contributed by atoms with van der Waals surface area (Å²) < 4.78 is 11.0. The monoisotopic (exact) mass is 380 g/mol. The summed E-state index contributed by atoms with van der Waals surface area (Å²) in [6, 6.07) is 2.62. The fraction of sp³-hybridized carbons (Fsp3) is 0.375. The van der Waals surface area contributed by atoms with Crippen molar-refractivity contribution in [3.05, 3.63) is 53.5 Å². The van der Waals surface area contributed by atoms with Gasteiger partial charge in [-0.15, -0.1) is 0 Å². The molecule has 0 amide bonds. The van der Waals surface area contributed by atoms with Crippen LogP contribution in [0.3, 0.4) is 0 Å². The first kappa shape index (κ1) is 18.0. The van der Waals surface area contributed by atoms with Gasteiger partial charge < -0.3 is 4.55 Å². The zero-order chi connectivity index (χ0) is 18.5. The maximum Gasteiger partial charge on any atom is 0.262 e. The molecule has 0 saturated heterocycles. The van der Waals surface area contributed by atoms with Gasteiger partial charge in [0.2, 0.25) is 0 Å². The van der Waals surface area contributed by atoms with Crippen molar-refractivity contribution in [1.82, 2.24) is 9.13 Å². The van der Waals surface area contributed by atoms with Gasteiger partial charge in [-0.25, -0.2) is 0 Å². The Bertz CT molecular complexity index is 1100. The number of hydrogen-bond acceptors (Lipinski definition) is 7. The Hall–Kier alpha value is -1.84. The molecule has 1 aromatic carbocycles. The molecule has 0 bridgehead atoms. The summed E-state index contributed by atoms with van der Waals surface area (Å²) in [6.45, 7) is 3.55. The second-order valence-electron chi connectivity index (χ2n) is 6.47. The molecule has 3 aromatic rings. The largest absolute Gasteiger partial charge is 0.328 e. The molecule has 0 aliphatic rings. The molecule has 0 atom stereocenters. The summed E-state index contributed by atoms with van der Waals surface area (Å²) in [6.07, 6.45) is 0.515. The summed E-state index contributed by atoms with van der Waals surface area (Å²) >= 11 is 4.52. The predicted octanol–water partition coefficient (Wildman–Crippen LogP) is 1.13. The van der Waals surface area contributed by atoms with Crippen LogP contribution in [0.1, 0.15) is 20.3 Å². The Labute approximate surface area is 151 Å². The van der Waals surface area contributed by atoms with Gasteiger partial charge in [-0.1, -0.05) is 0 Å². The van der Waals surface area contributed by atoms with E-state index in [4.69, 9.17) is 4.55 Å². The van der Waals surface area contributed by atoms with Crippen LogP contribution in [0.4, 0.5) is 0 Å². The second kappa shape index (κ2) is 6.15. The number of thiol groups is 1. The van der Waals surface area contributed by atoms with E-state index in [-0.39, 0.29) is 27.4 Å². The highest BCUT2D eigenvalue weighted by Gasteiger charge is 2.27. The standard InChI is InChI=1S/C16H16N2O5S2/c1-16(2,3-4-24)18-14(21)10-5-8-9(6-11(10)15(18)22)13(20)17(7-25-23)12(8)19/h5-6,23-24H,3-4,7H2,1-2H3. The number of rotatable bonds is 5. The molecule has 25 heavy (non-hydrogen) atoms. The molecule has 1 N–H and O–H groups in total. The summed E-state index contributed by atoms with van der Waals surface area (Å²) in [5.74, 6) is 0.293. The highest BCUT2D eigenvalue weighted by Crippen LogP contribution is 2.21. The first-order valence-electron chi connectivity index (χ1n) is 7.55. The summed E-state index contributed by atoms with van der Waals surface area (Å²) in [7, 11) is 0. The summed E-state index contributed by atoms with van der Waals surface area (Å²) in [5, 5.41) is 0.395. The van der Waals surface area contributed by atoms with Crippen LogP contribution in [-0.2, 0) is 11.4 Å². The third-order valence-corrected chi connectivity index (χ3v) is 5.09. The molecule has 7 nitrogen and oxygen atoms in total. The second-order valence-corrected chi connectivity index (χ2v) is 7.44. The Kier molecular flexibility index (Phi) is 4.42. The van der Waals surface area contributed by atoms with E-state index in [2.05, 4.69) is 12.6 Å². The van der Waals surface area contributed by atoms with Gasteiger partial charge in [-0.05, 0) is 38.2 Å². The van der Waals surface area contributed by atoms with Crippen molar-refractivity contribution in [3.8, 4) is 0 Å². The lowest BCUT2D eigenvalue weighted by atomic mass is 10.0. The average molecular weight is 380 g/mol. The van der Waals surface area contributed by atoms with Gasteiger partial charge in [0.25, 0.3) is 22.2 Å². The van der Waals surface area contributed by atoms with Crippen LogP contribution in [0.2, 0.25) is 0 Å². The molecular weight excluding hydrogens is 364 g/mol. The van der Waals surface area contributed by atoms with Gasteiger partial charge >= 0.3 is 0 Å². The van der Waals surface area contributed by atoms with Gasteiger partial charge in [0.15, 0.2) is 0 Å². The first-order valence-corrected chi connectivity index (χ1v) is 9.12. The molecule has 9 heteroatoms. The minimum absolute atomic E-state index is 0.0767. The molecule has 0 saturated carbocycles. The smallest absolute Gasteiger partial charge is 0.262 e. The number of benzene rings is 1. The fourth-order valence-corrected chi connectivity index (χ4v) is 4.03. The lowest BCUT2D eigenvalue weighted by Crippen LogP contribution is -2.41. The quantitative estimate of drug-likeness (QED) is 0.509. The fourth-order valence-electron chi connectivity index (χ4n) is 3.13. The van der Waals surface area contributed by atoms with E-state index >= 15 is 0 Å². The van der Waals surface area contributed by atoms with E-state index in [1.807, 2.05) is 0 Å². The molecule has 0 unspecified atom stereocenters. The predicted molar refractivity (Wildman–Crippen MR) is 103 cm³/mol. The Morgan fingerprint density at radius 2 is 1.40 bits per heavy atom. The summed E-state index contributed by atoms with van der Waals surface area (Å²) in [4.78, 5) is 50.2. The molecule has 0 aliphatic carbocycles. The third kappa shape index (κ3) is 2.57. The van der Waals surface area contributed by atoms with E-state index in [9.17, 15) is 19.2 Å². The van der Waals surface area contributed by atoms with Gasteiger partial charge in [0.1, 0.15) is 5.88 Å². The van der Waals surface area contributed by atoms with Crippen LogP contribution in [0.15, 0.2) is 31.3 Å². The van der Waals surface area contributed by atoms with Gasteiger partial charge in [0, 0.05) is 17.6 Å². The van der Waals surface area contributed by atoms with E-state index < -0.39 is 27.8 Å². The van der Waals surface area contributed by atoms with Crippen LogP contribution in [0.5, 0.6) is 0 Å². The lowest BCUT2D eigenvalue weighted by Gasteiger charge is -2.24. The normalized spacial score (nSPS) is 12.5. The van der Waals surface area contributed by atoms with Crippen molar-refractivity contribution < 1.29 is 4.55 Å². The molecule has 0 aliphatic heterocycles. The highest BCUT2D eigenvalue weighted by molar-refractivity contribution is 7.92. The number of fused-ring (bicyclic) bond motifs is 2. The zero-order valence-corrected chi connectivity index (χ0v) is 15.3.